The lowest BCUT2D eigenvalue weighted by atomic mass is 9.79. The van der Waals surface area contributed by atoms with Crippen molar-refractivity contribution in [2.45, 2.75) is 51.7 Å². The Kier molecular flexibility index (Phi) is 5.87. The van der Waals surface area contributed by atoms with Gasteiger partial charge in [0.1, 0.15) is 0 Å². The Balaban J connectivity index is 2.08. The Morgan fingerprint density at radius 3 is 2.47 bits per heavy atom. The maximum atomic E-state index is 6.05. The van der Waals surface area contributed by atoms with Crippen LogP contribution in [0.1, 0.15) is 51.2 Å². The lowest BCUT2D eigenvalue weighted by Gasteiger charge is -2.34. The number of ether oxygens (including phenoxy) is 1. The van der Waals surface area contributed by atoms with Crippen molar-refractivity contribution in [3.63, 3.8) is 0 Å². The molecule has 0 bridgehead atoms. The summed E-state index contributed by atoms with van der Waals surface area (Å²) in [4.78, 5) is 0. The molecule has 0 heterocycles. The number of benzene rings is 1. The van der Waals surface area contributed by atoms with E-state index < -0.39 is 0 Å². The Morgan fingerprint density at radius 1 is 1.21 bits per heavy atom. The quantitative estimate of drug-likeness (QED) is 0.765. The Labute approximate surface area is 117 Å². The highest BCUT2D eigenvalue weighted by atomic mass is 16.5. The second-order valence-electron chi connectivity index (χ2n) is 5.48. The molecule has 2 rings (SSSR count). The fraction of sp³-hybridized carbons (Fsp3) is 0.647. The van der Waals surface area contributed by atoms with Crippen LogP contribution in [-0.4, -0.2) is 19.2 Å². The fourth-order valence-corrected chi connectivity index (χ4v) is 2.93. The summed E-state index contributed by atoms with van der Waals surface area (Å²) in [6.45, 7) is 6.05. The predicted molar refractivity (Wildman–Crippen MR) is 80.2 cm³/mol. The maximum Gasteiger partial charge on any atom is 0.0977 e. The third-order valence-electron chi connectivity index (χ3n) is 4.12. The van der Waals surface area contributed by atoms with E-state index in [0.29, 0.717) is 6.04 Å². The van der Waals surface area contributed by atoms with E-state index in [9.17, 15) is 0 Å². The first kappa shape index (κ1) is 14.5. The van der Waals surface area contributed by atoms with Gasteiger partial charge in [0, 0.05) is 12.6 Å². The highest BCUT2D eigenvalue weighted by Crippen LogP contribution is 2.34. The molecule has 19 heavy (non-hydrogen) atoms. The van der Waals surface area contributed by atoms with Gasteiger partial charge in [-0.15, -0.1) is 0 Å². The van der Waals surface area contributed by atoms with Crippen LogP contribution in [0.3, 0.4) is 0 Å². The van der Waals surface area contributed by atoms with Crippen LogP contribution in [-0.2, 0) is 4.74 Å². The van der Waals surface area contributed by atoms with Gasteiger partial charge in [-0.3, -0.25) is 0 Å². The first-order chi connectivity index (χ1) is 9.35. The van der Waals surface area contributed by atoms with Crippen molar-refractivity contribution in [1.82, 2.24) is 5.32 Å². The predicted octanol–water partition coefficient (Wildman–Crippen LogP) is 3.93. The highest BCUT2D eigenvalue weighted by molar-refractivity contribution is 5.19. The van der Waals surface area contributed by atoms with E-state index in [0.717, 1.165) is 19.1 Å². The molecule has 1 aromatic rings. The van der Waals surface area contributed by atoms with Gasteiger partial charge < -0.3 is 10.1 Å². The molecule has 1 aliphatic carbocycles. The van der Waals surface area contributed by atoms with Crippen molar-refractivity contribution < 1.29 is 4.74 Å². The molecule has 0 saturated heterocycles. The summed E-state index contributed by atoms with van der Waals surface area (Å²) >= 11 is 0. The minimum Gasteiger partial charge on any atom is -0.372 e. The van der Waals surface area contributed by atoms with Crippen LogP contribution in [0.15, 0.2) is 30.3 Å². The van der Waals surface area contributed by atoms with Crippen molar-refractivity contribution in [3.8, 4) is 0 Å². The summed E-state index contributed by atoms with van der Waals surface area (Å²) in [5.74, 6) is 0.899. The number of likely N-dealkylation sites (N-methyl/N-ethyl adjacent to an activating group) is 1. The van der Waals surface area contributed by atoms with E-state index in [1.54, 1.807) is 0 Å². The van der Waals surface area contributed by atoms with Gasteiger partial charge in [-0.2, -0.15) is 0 Å². The van der Waals surface area contributed by atoms with Crippen LogP contribution in [0.25, 0.3) is 0 Å². The number of rotatable bonds is 8. The van der Waals surface area contributed by atoms with Crippen LogP contribution in [0.4, 0.5) is 0 Å². The molecule has 1 N–H and O–H groups in total. The zero-order valence-corrected chi connectivity index (χ0v) is 12.3. The van der Waals surface area contributed by atoms with Gasteiger partial charge in [-0.1, -0.05) is 56.5 Å². The smallest absolute Gasteiger partial charge is 0.0977 e. The molecule has 1 saturated carbocycles. The van der Waals surface area contributed by atoms with E-state index >= 15 is 0 Å². The van der Waals surface area contributed by atoms with E-state index in [-0.39, 0.29) is 6.10 Å². The monoisotopic (exact) mass is 261 g/mol. The third kappa shape index (κ3) is 4.05. The molecular formula is C17H27NO. The molecular weight excluding hydrogens is 234 g/mol. The summed E-state index contributed by atoms with van der Waals surface area (Å²) in [6.07, 6.45) is 5.64. The molecule has 0 amide bonds. The molecule has 106 valence electrons. The zero-order chi connectivity index (χ0) is 13.5. The van der Waals surface area contributed by atoms with Gasteiger partial charge in [0.05, 0.1) is 6.10 Å². The normalized spacial score (nSPS) is 18.8. The molecule has 1 fully saturated rings. The first-order valence-corrected chi connectivity index (χ1v) is 7.75. The summed E-state index contributed by atoms with van der Waals surface area (Å²) in [5.41, 5.74) is 1.30. The van der Waals surface area contributed by atoms with Crippen LogP contribution < -0.4 is 5.32 Å². The Hall–Kier alpha value is -0.860. The van der Waals surface area contributed by atoms with Crippen LogP contribution in [0, 0.1) is 5.92 Å². The van der Waals surface area contributed by atoms with Crippen molar-refractivity contribution in [2.75, 3.05) is 13.2 Å². The SMILES string of the molecule is CCNC(CC1CCC1)C(OCC)c1ccccc1. The van der Waals surface area contributed by atoms with Gasteiger partial charge >= 0.3 is 0 Å². The molecule has 0 spiro atoms. The van der Waals surface area contributed by atoms with Gasteiger partial charge in [0.25, 0.3) is 0 Å². The molecule has 2 heteroatoms. The summed E-state index contributed by atoms with van der Waals surface area (Å²) in [5, 5.41) is 3.64. The number of hydrogen-bond acceptors (Lipinski definition) is 2. The van der Waals surface area contributed by atoms with Crippen LogP contribution in [0.2, 0.25) is 0 Å². The average Bonchev–Trinajstić information content (AvgIpc) is 2.40. The molecule has 0 radical (unpaired) electrons. The Morgan fingerprint density at radius 2 is 1.95 bits per heavy atom. The van der Waals surface area contributed by atoms with Crippen molar-refractivity contribution in [3.05, 3.63) is 35.9 Å². The molecule has 1 aliphatic rings. The van der Waals surface area contributed by atoms with E-state index in [1.165, 1.54) is 31.2 Å². The fourth-order valence-electron chi connectivity index (χ4n) is 2.93. The van der Waals surface area contributed by atoms with E-state index in [1.807, 2.05) is 0 Å². The third-order valence-corrected chi connectivity index (χ3v) is 4.12. The van der Waals surface area contributed by atoms with Gasteiger partial charge in [0.15, 0.2) is 0 Å². The largest absolute Gasteiger partial charge is 0.372 e. The van der Waals surface area contributed by atoms with Crippen LogP contribution in [0.5, 0.6) is 0 Å². The molecule has 2 unspecified atom stereocenters. The van der Waals surface area contributed by atoms with E-state index in [2.05, 4.69) is 49.5 Å². The summed E-state index contributed by atoms with van der Waals surface area (Å²) < 4.78 is 6.05. The molecule has 0 aromatic heterocycles. The lowest BCUT2D eigenvalue weighted by molar-refractivity contribution is 0.0226. The molecule has 2 atom stereocenters. The van der Waals surface area contributed by atoms with Gasteiger partial charge in [-0.25, -0.2) is 0 Å². The highest BCUT2D eigenvalue weighted by Gasteiger charge is 2.28. The van der Waals surface area contributed by atoms with Gasteiger partial charge in [0.2, 0.25) is 0 Å². The second kappa shape index (κ2) is 7.66. The number of nitrogens with one attached hydrogen (secondary N) is 1. The molecule has 1 aromatic carbocycles. The van der Waals surface area contributed by atoms with E-state index in [4.69, 9.17) is 4.74 Å². The average molecular weight is 261 g/mol. The van der Waals surface area contributed by atoms with Crippen molar-refractivity contribution in [2.24, 2.45) is 5.92 Å². The maximum absolute atomic E-state index is 6.05. The molecule has 2 nitrogen and oxygen atoms in total. The topological polar surface area (TPSA) is 21.3 Å². The van der Waals surface area contributed by atoms with Gasteiger partial charge in [-0.05, 0) is 31.4 Å². The minimum absolute atomic E-state index is 0.187. The minimum atomic E-state index is 0.187. The van der Waals surface area contributed by atoms with Crippen molar-refractivity contribution >= 4 is 0 Å². The van der Waals surface area contributed by atoms with Crippen molar-refractivity contribution in [1.29, 1.82) is 0 Å². The number of hydrogen-bond donors (Lipinski definition) is 1. The molecule has 0 aliphatic heterocycles. The summed E-state index contributed by atoms with van der Waals surface area (Å²) in [6, 6.07) is 11.1. The zero-order valence-electron chi connectivity index (χ0n) is 12.3. The first-order valence-electron chi connectivity index (χ1n) is 7.75. The second-order valence-corrected chi connectivity index (χ2v) is 5.48. The standard InChI is InChI=1S/C17H27NO/c1-3-18-16(13-14-9-8-10-14)17(19-4-2)15-11-6-5-7-12-15/h5-7,11-12,14,16-18H,3-4,8-10,13H2,1-2H3. The van der Waals surface area contributed by atoms with Crippen LogP contribution >= 0.6 is 0 Å². The summed E-state index contributed by atoms with van der Waals surface area (Å²) in [7, 11) is 0. The Bertz CT molecular complexity index is 348. The lowest BCUT2D eigenvalue weighted by Crippen LogP contribution is -2.39.